The molecule has 78 valence electrons. The number of aryl methyl sites for hydroxylation is 2. The predicted octanol–water partition coefficient (Wildman–Crippen LogP) is 3.13. The maximum atomic E-state index is 4.27. The molecular weight excluding hydrogens is 184 g/mol. The SMILES string of the molecule is CCc1ccc(-c2ccnn2CC)cc1. The molecule has 0 spiro atoms. The summed E-state index contributed by atoms with van der Waals surface area (Å²) in [7, 11) is 0. The van der Waals surface area contributed by atoms with Crippen LogP contribution in [-0.4, -0.2) is 9.78 Å². The zero-order valence-corrected chi connectivity index (χ0v) is 9.27. The molecule has 0 bridgehead atoms. The Labute approximate surface area is 90.6 Å². The molecule has 0 unspecified atom stereocenters. The van der Waals surface area contributed by atoms with Crippen molar-refractivity contribution in [1.29, 1.82) is 0 Å². The number of hydrogen-bond acceptors (Lipinski definition) is 1. The molecule has 0 atom stereocenters. The molecule has 0 amide bonds. The predicted molar refractivity (Wildman–Crippen MR) is 62.7 cm³/mol. The summed E-state index contributed by atoms with van der Waals surface area (Å²) in [5.74, 6) is 0. The Hall–Kier alpha value is -1.57. The Morgan fingerprint density at radius 2 is 1.80 bits per heavy atom. The standard InChI is InChI=1S/C13H16N2/c1-3-11-5-7-12(8-6-11)13-9-10-14-15(13)4-2/h5-10H,3-4H2,1-2H3. The lowest BCUT2D eigenvalue weighted by atomic mass is 10.1. The van der Waals surface area contributed by atoms with E-state index >= 15 is 0 Å². The minimum absolute atomic E-state index is 0.915. The number of rotatable bonds is 3. The van der Waals surface area contributed by atoms with Crippen molar-refractivity contribution in [1.82, 2.24) is 9.78 Å². The van der Waals surface area contributed by atoms with Crippen LogP contribution in [0.2, 0.25) is 0 Å². The van der Waals surface area contributed by atoms with Crippen LogP contribution >= 0.6 is 0 Å². The topological polar surface area (TPSA) is 17.8 Å². The first-order valence-electron chi connectivity index (χ1n) is 5.46. The van der Waals surface area contributed by atoms with Crippen molar-refractivity contribution in [2.75, 3.05) is 0 Å². The average Bonchev–Trinajstić information content (AvgIpc) is 2.77. The Balaban J connectivity index is 2.37. The minimum Gasteiger partial charge on any atom is -0.265 e. The molecule has 0 fully saturated rings. The van der Waals surface area contributed by atoms with Gasteiger partial charge in [0, 0.05) is 12.7 Å². The summed E-state index contributed by atoms with van der Waals surface area (Å²) in [6.07, 6.45) is 2.94. The Bertz CT molecular complexity index is 426. The highest BCUT2D eigenvalue weighted by Crippen LogP contribution is 2.19. The molecule has 0 saturated carbocycles. The minimum atomic E-state index is 0.915. The van der Waals surface area contributed by atoms with Gasteiger partial charge in [0.15, 0.2) is 0 Å². The van der Waals surface area contributed by atoms with Gasteiger partial charge in [-0.1, -0.05) is 31.2 Å². The third-order valence-corrected chi connectivity index (χ3v) is 2.67. The van der Waals surface area contributed by atoms with E-state index in [1.165, 1.54) is 16.8 Å². The Morgan fingerprint density at radius 3 is 2.40 bits per heavy atom. The van der Waals surface area contributed by atoms with Crippen LogP contribution in [0.25, 0.3) is 11.3 Å². The van der Waals surface area contributed by atoms with E-state index < -0.39 is 0 Å². The van der Waals surface area contributed by atoms with Crippen molar-refractivity contribution < 1.29 is 0 Å². The van der Waals surface area contributed by atoms with E-state index in [2.05, 4.69) is 49.3 Å². The van der Waals surface area contributed by atoms with Crippen LogP contribution in [-0.2, 0) is 13.0 Å². The quantitative estimate of drug-likeness (QED) is 0.744. The normalized spacial score (nSPS) is 10.5. The first-order valence-corrected chi connectivity index (χ1v) is 5.46. The highest BCUT2D eigenvalue weighted by atomic mass is 15.3. The van der Waals surface area contributed by atoms with Gasteiger partial charge < -0.3 is 0 Å². The summed E-state index contributed by atoms with van der Waals surface area (Å²) < 4.78 is 2.01. The second-order valence-corrected chi connectivity index (χ2v) is 3.58. The molecule has 15 heavy (non-hydrogen) atoms. The van der Waals surface area contributed by atoms with Gasteiger partial charge in [0.25, 0.3) is 0 Å². The maximum absolute atomic E-state index is 4.27. The van der Waals surface area contributed by atoms with E-state index in [0.717, 1.165) is 13.0 Å². The maximum Gasteiger partial charge on any atom is 0.0682 e. The second-order valence-electron chi connectivity index (χ2n) is 3.58. The van der Waals surface area contributed by atoms with E-state index in [1.54, 1.807) is 0 Å². The van der Waals surface area contributed by atoms with Gasteiger partial charge in [0.1, 0.15) is 0 Å². The Kier molecular flexibility index (Phi) is 2.86. The van der Waals surface area contributed by atoms with Crippen molar-refractivity contribution in [3.8, 4) is 11.3 Å². The molecule has 2 rings (SSSR count). The molecule has 2 aromatic rings. The number of hydrogen-bond donors (Lipinski definition) is 0. The van der Waals surface area contributed by atoms with E-state index in [4.69, 9.17) is 0 Å². The van der Waals surface area contributed by atoms with Crippen LogP contribution in [0.15, 0.2) is 36.5 Å². The lowest BCUT2D eigenvalue weighted by Crippen LogP contribution is -1.98. The summed E-state index contributed by atoms with van der Waals surface area (Å²) in [4.78, 5) is 0. The summed E-state index contributed by atoms with van der Waals surface area (Å²) >= 11 is 0. The van der Waals surface area contributed by atoms with Crippen molar-refractivity contribution in [2.24, 2.45) is 0 Å². The molecular formula is C13H16N2. The van der Waals surface area contributed by atoms with Crippen LogP contribution in [0.3, 0.4) is 0 Å². The lowest BCUT2D eigenvalue weighted by Gasteiger charge is -2.05. The van der Waals surface area contributed by atoms with Gasteiger partial charge in [-0.15, -0.1) is 0 Å². The second kappa shape index (κ2) is 4.30. The summed E-state index contributed by atoms with van der Waals surface area (Å²) in [6.45, 7) is 5.19. The van der Waals surface area contributed by atoms with E-state index in [1.807, 2.05) is 10.9 Å². The number of aromatic nitrogens is 2. The molecule has 1 heterocycles. The van der Waals surface area contributed by atoms with Gasteiger partial charge in [0.2, 0.25) is 0 Å². The van der Waals surface area contributed by atoms with E-state index in [-0.39, 0.29) is 0 Å². The fourth-order valence-corrected chi connectivity index (χ4v) is 1.74. The van der Waals surface area contributed by atoms with Crippen LogP contribution in [0.1, 0.15) is 19.4 Å². The summed E-state index contributed by atoms with van der Waals surface area (Å²) in [5.41, 5.74) is 3.81. The highest BCUT2D eigenvalue weighted by molar-refractivity contribution is 5.59. The monoisotopic (exact) mass is 200 g/mol. The van der Waals surface area contributed by atoms with Gasteiger partial charge in [-0.25, -0.2) is 0 Å². The fraction of sp³-hybridized carbons (Fsp3) is 0.308. The summed E-state index contributed by atoms with van der Waals surface area (Å²) in [5, 5.41) is 4.27. The van der Waals surface area contributed by atoms with Crippen molar-refractivity contribution in [2.45, 2.75) is 26.8 Å². The molecule has 0 radical (unpaired) electrons. The number of nitrogens with zero attached hydrogens (tertiary/aromatic N) is 2. The smallest absolute Gasteiger partial charge is 0.0682 e. The van der Waals surface area contributed by atoms with Crippen molar-refractivity contribution >= 4 is 0 Å². The highest BCUT2D eigenvalue weighted by Gasteiger charge is 2.02. The van der Waals surface area contributed by atoms with Gasteiger partial charge in [0.05, 0.1) is 5.69 Å². The third-order valence-electron chi connectivity index (χ3n) is 2.67. The molecule has 0 N–H and O–H groups in total. The van der Waals surface area contributed by atoms with Crippen LogP contribution in [0, 0.1) is 0 Å². The average molecular weight is 200 g/mol. The van der Waals surface area contributed by atoms with Gasteiger partial charge in [-0.2, -0.15) is 5.10 Å². The summed E-state index contributed by atoms with van der Waals surface area (Å²) in [6, 6.07) is 10.8. The zero-order chi connectivity index (χ0) is 10.7. The zero-order valence-electron chi connectivity index (χ0n) is 9.27. The first kappa shape index (κ1) is 9.97. The third kappa shape index (κ3) is 1.94. The molecule has 0 aliphatic rings. The number of benzene rings is 1. The Morgan fingerprint density at radius 1 is 1.07 bits per heavy atom. The van der Waals surface area contributed by atoms with E-state index in [9.17, 15) is 0 Å². The molecule has 2 nitrogen and oxygen atoms in total. The lowest BCUT2D eigenvalue weighted by molar-refractivity contribution is 0.667. The molecule has 0 aliphatic heterocycles. The first-order chi connectivity index (χ1) is 7.35. The molecule has 1 aromatic carbocycles. The van der Waals surface area contributed by atoms with Crippen molar-refractivity contribution in [3.05, 3.63) is 42.1 Å². The van der Waals surface area contributed by atoms with Crippen LogP contribution in [0.4, 0.5) is 0 Å². The van der Waals surface area contributed by atoms with E-state index in [0.29, 0.717) is 0 Å². The van der Waals surface area contributed by atoms with Crippen molar-refractivity contribution in [3.63, 3.8) is 0 Å². The molecule has 2 heteroatoms. The van der Waals surface area contributed by atoms with Gasteiger partial charge in [-0.3, -0.25) is 4.68 Å². The fourth-order valence-electron chi connectivity index (χ4n) is 1.74. The van der Waals surface area contributed by atoms with Crippen LogP contribution < -0.4 is 0 Å². The van der Waals surface area contributed by atoms with Crippen LogP contribution in [0.5, 0.6) is 0 Å². The van der Waals surface area contributed by atoms with Gasteiger partial charge >= 0.3 is 0 Å². The molecule has 0 aliphatic carbocycles. The molecule has 1 aromatic heterocycles. The van der Waals surface area contributed by atoms with Gasteiger partial charge in [-0.05, 0) is 30.5 Å². The largest absolute Gasteiger partial charge is 0.265 e. The molecule has 0 saturated heterocycles.